The summed E-state index contributed by atoms with van der Waals surface area (Å²) in [5, 5.41) is 1.03. The Morgan fingerprint density at radius 3 is 1.22 bits per heavy atom. The van der Waals surface area contributed by atoms with E-state index in [9.17, 15) is 9.59 Å². The monoisotopic (exact) mass is 520 g/mol. The van der Waals surface area contributed by atoms with Gasteiger partial charge in [-0.3, -0.25) is 9.59 Å². The van der Waals surface area contributed by atoms with Gasteiger partial charge in [-0.15, -0.1) is 0 Å². The van der Waals surface area contributed by atoms with Gasteiger partial charge in [0.2, 0.25) is 0 Å². The molecule has 0 aromatic heterocycles. The predicted octanol–water partition coefficient (Wildman–Crippen LogP) is 5.68. The number of ketones is 2. The van der Waals surface area contributed by atoms with E-state index >= 15 is 0 Å². The lowest BCUT2D eigenvalue weighted by atomic mass is 9.80. The van der Waals surface area contributed by atoms with Crippen LogP contribution in [0.2, 0.25) is 10.0 Å². The molecule has 180 valence electrons. The topological polar surface area (TPSA) is 157 Å². The lowest BCUT2D eigenvalue weighted by Crippen LogP contribution is -2.26. The van der Waals surface area contributed by atoms with E-state index in [0.717, 1.165) is 0 Å². The highest BCUT2D eigenvalue weighted by atomic mass is 35.5. The van der Waals surface area contributed by atoms with Gasteiger partial charge in [-0.05, 0) is 48.5 Å². The number of carbonyl (C=O) groups is 2. The van der Waals surface area contributed by atoms with E-state index < -0.39 is 11.6 Å². The first-order valence-corrected chi connectivity index (χ1v) is 11.3. The first-order valence-electron chi connectivity index (χ1n) is 10.6. The zero-order chi connectivity index (χ0) is 25.7. The molecule has 4 aromatic rings. The van der Waals surface area contributed by atoms with Gasteiger partial charge in [0.25, 0.3) is 0 Å². The van der Waals surface area contributed by atoms with Gasteiger partial charge in [-0.25, -0.2) is 0 Å². The van der Waals surface area contributed by atoms with E-state index in [-0.39, 0.29) is 56.5 Å². The second-order valence-corrected chi connectivity index (χ2v) is 8.90. The lowest BCUT2D eigenvalue weighted by molar-refractivity contribution is 0.0981. The van der Waals surface area contributed by atoms with E-state index in [2.05, 4.69) is 0 Å². The third kappa shape index (κ3) is 3.82. The molecule has 8 N–H and O–H groups in total. The first-order chi connectivity index (χ1) is 17.2. The van der Waals surface area contributed by atoms with Crippen molar-refractivity contribution >= 4 is 57.5 Å². The van der Waals surface area contributed by atoms with Crippen molar-refractivity contribution in [1.82, 2.24) is 0 Å². The Labute approximate surface area is 215 Å². The lowest BCUT2D eigenvalue weighted by Gasteiger charge is -2.25. The zero-order valence-electron chi connectivity index (χ0n) is 18.5. The van der Waals surface area contributed by atoms with E-state index in [1.807, 2.05) is 0 Å². The smallest absolute Gasteiger partial charge is 0.199 e. The number of carbonyl (C=O) groups excluding carboxylic acids is 2. The van der Waals surface area contributed by atoms with E-state index in [1.165, 1.54) is 12.1 Å². The van der Waals surface area contributed by atoms with Crippen molar-refractivity contribution in [2.24, 2.45) is 0 Å². The summed E-state index contributed by atoms with van der Waals surface area (Å²) < 4.78 is 11.7. The van der Waals surface area contributed by atoms with Gasteiger partial charge in [0.1, 0.15) is 11.5 Å². The van der Waals surface area contributed by atoms with Crippen molar-refractivity contribution in [2.45, 2.75) is 0 Å². The van der Waals surface area contributed by atoms with E-state index in [1.54, 1.807) is 48.5 Å². The largest absolute Gasteiger partial charge is 0.455 e. The van der Waals surface area contributed by atoms with Crippen LogP contribution in [0.25, 0.3) is 0 Å². The van der Waals surface area contributed by atoms with Gasteiger partial charge in [0, 0.05) is 33.6 Å². The first kappa shape index (κ1) is 23.3. The van der Waals surface area contributed by atoms with Crippen LogP contribution in [-0.4, -0.2) is 11.6 Å². The van der Waals surface area contributed by atoms with Crippen molar-refractivity contribution in [3.63, 3.8) is 0 Å². The van der Waals surface area contributed by atoms with Crippen LogP contribution in [0.1, 0.15) is 31.8 Å². The van der Waals surface area contributed by atoms with Crippen LogP contribution >= 0.6 is 23.2 Å². The minimum absolute atomic E-state index is 0.00613. The maximum atomic E-state index is 13.7. The number of hydrogen-bond donors (Lipinski definition) is 4. The van der Waals surface area contributed by atoms with E-state index in [4.69, 9.17) is 55.6 Å². The molecular weight excluding hydrogens is 503 g/mol. The van der Waals surface area contributed by atoms with Gasteiger partial charge < -0.3 is 32.4 Å². The molecule has 0 atom stereocenters. The number of rotatable bonds is 4. The summed E-state index contributed by atoms with van der Waals surface area (Å²) in [6.07, 6.45) is 0. The molecule has 1 aliphatic carbocycles. The summed E-state index contributed by atoms with van der Waals surface area (Å²) in [4.78, 5) is 27.2. The SMILES string of the molecule is Nc1cc(Oc2ccc(Cl)cc2)c(N)c2c1C(=O)c1c(N)cc(Oc3ccc(Cl)cc3)c(N)c1C2=O. The summed E-state index contributed by atoms with van der Waals surface area (Å²) in [7, 11) is 0. The fourth-order valence-electron chi connectivity index (χ4n) is 4.03. The molecule has 0 aliphatic heterocycles. The van der Waals surface area contributed by atoms with Gasteiger partial charge in [-0.1, -0.05) is 23.2 Å². The molecular formula is C26H18Cl2N4O4. The number of fused-ring (bicyclic) bond motifs is 2. The highest BCUT2D eigenvalue weighted by Crippen LogP contribution is 2.46. The Morgan fingerprint density at radius 1 is 0.528 bits per heavy atom. The number of halogens is 2. The third-order valence-corrected chi connectivity index (χ3v) is 6.22. The normalized spacial score (nSPS) is 12.2. The summed E-state index contributed by atoms with van der Waals surface area (Å²) in [5.74, 6) is -0.206. The molecule has 0 fully saturated rings. The molecule has 1 aliphatic rings. The highest BCUT2D eigenvalue weighted by Gasteiger charge is 2.38. The van der Waals surface area contributed by atoms with Crippen LogP contribution in [0.15, 0.2) is 60.7 Å². The molecule has 0 bridgehead atoms. The van der Waals surface area contributed by atoms with Crippen molar-refractivity contribution in [3.05, 3.63) is 93.0 Å². The Hall–Kier alpha value is -4.40. The molecule has 0 spiro atoms. The molecule has 0 saturated heterocycles. The number of ether oxygens (including phenoxy) is 2. The molecule has 5 rings (SSSR count). The molecule has 4 aromatic carbocycles. The molecule has 36 heavy (non-hydrogen) atoms. The molecule has 0 heterocycles. The van der Waals surface area contributed by atoms with Crippen molar-refractivity contribution in [3.8, 4) is 23.0 Å². The standard InChI is InChI=1S/C26H18Cl2N4O4/c27-11-1-5-13(6-2-11)35-17-9-15(29)19-21(23(17)31)26(34)22-20(25(19)33)16(30)10-18(24(22)32)36-14-7-3-12(28)4-8-14/h1-10H,29-32H2. The minimum atomic E-state index is -0.629. The molecule has 10 heteroatoms. The molecule has 8 nitrogen and oxygen atoms in total. The van der Waals surface area contributed by atoms with Crippen LogP contribution in [0, 0.1) is 0 Å². The molecule has 0 unspecified atom stereocenters. The van der Waals surface area contributed by atoms with Crippen LogP contribution in [0.4, 0.5) is 22.7 Å². The number of nitrogens with two attached hydrogens (primary N) is 4. The quantitative estimate of drug-likeness (QED) is 0.220. The summed E-state index contributed by atoms with van der Waals surface area (Å²) in [5.41, 5.74) is 24.6. The summed E-state index contributed by atoms with van der Waals surface area (Å²) in [6, 6.07) is 15.8. The maximum Gasteiger partial charge on any atom is 0.199 e. The molecule has 0 saturated carbocycles. The second kappa shape index (κ2) is 8.67. The van der Waals surface area contributed by atoms with Crippen molar-refractivity contribution in [2.75, 3.05) is 22.9 Å². The van der Waals surface area contributed by atoms with Crippen LogP contribution in [-0.2, 0) is 0 Å². The predicted molar refractivity (Wildman–Crippen MR) is 140 cm³/mol. The Balaban J connectivity index is 1.63. The highest BCUT2D eigenvalue weighted by molar-refractivity contribution is 6.35. The van der Waals surface area contributed by atoms with Gasteiger partial charge in [0.15, 0.2) is 23.1 Å². The van der Waals surface area contributed by atoms with Crippen LogP contribution in [0.5, 0.6) is 23.0 Å². The fraction of sp³-hybridized carbons (Fsp3) is 0. The van der Waals surface area contributed by atoms with E-state index in [0.29, 0.717) is 21.5 Å². The average Bonchev–Trinajstić information content (AvgIpc) is 2.84. The molecule has 0 radical (unpaired) electrons. The second-order valence-electron chi connectivity index (χ2n) is 8.03. The van der Waals surface area contributed by atoms with Gasteiger partial charge >= 0.3 is 0 Å². The van der Waals surface area contributed by atoms with Crippen molar-refractivity contribution in [1.29, 1.82) is 0 Å². The molecule has 0 amide bonds. The van der Waals surface area contributed by atoms with Gasteiger partial charge in [0.05, 0.1) is 33.6 Å². The van der Waals surface area contributed by atoms with Crippen molar-refractivity contribution < 1.29 is 19.1 Å². The summed E-state index contributed by atoms with van der Waals surface area (Å²) in [6.45, 7) is 0. The zero-order valence-corrected chi connectivity index (χ0v) is 20.0. The fourth-order valence-corrected chi connectivity index (χ4v) is 4.28. The summed E-state index contributed by atoms with van der Waals surface area (Å²) >= 11 is 11.9. The number of nitrogen functional groups attached to an aromatic ring is 4. The number of hydrogen-bond acceptors (Lipinski definition) is 8. The average molecular weight is 521 g/mol. The Kier molecular flexibility index (Phi) is 5.62. The van der Waals surface area contributed by atoms with Crippen LogP contribution in [0.3, 0.4) is 0 Å². The number of anilines is 4. The van der Waals surface area contributed by atoms with Gasteiger partial charge in [-0.2, -0.15) is 0 Å². The third-order valence-electron chi connectivity index (χ3n) is 5.71. The Morgan fingerprint density at radius 2 is 0.861 bits per heavy atom. The number of benzene rings is 4. The Bertz CT molecular complexity index is 1450. The maximum absolute atomic E-state index is 13.7. The minimum Gasteiger partial charge on any atom is -0.455 e. The van der Waals surface area contributed by atoms with Crippen LogP contribution < -0.4 is 32.4 Å².